The number of hydrogen-bond donors (Lipinski definition) is 1. The van der Waals surface area contributed by atoms with Crippen LogP contribution in [0.25, 0.3) is 10.9 Å². The summed E-state index contributed by atoms with van der Waals surface area (Å²) in [6.45, 7) is -0.411. The summed E-state index contributed by atoms with van der Waals surface area (Å²) >= 11 is 0. The number of aromatic nitrogens is 1. The third kappa shape index (κ3) is 3.28. The molecule has 0 saturated carbocycles. The molecular formula is C16H18N2O5S. The molecule has 8 heteroatoms. The minimum Gasteiger partial charge on any atom is -0.452 e. The van der Waals surface area contributed by atoms with Crippen molar-refractivity contribution in [2.24, 2.45) is 0 Å². The number of hydrogen-bond acceptors (Lipinski definition) is 5. The Morgan fingerprint density at radius 3 is 2.79 bits per heavy atom. The summed E-state index contributed by atoms with van der Waals surface area (Å²) in [6.07, 6.45) is 1.96. The Bertz CT molecular complexity index is 887. The van der Waals surface area contributed by atoms with Gasteiger partial charge in [0.05, 0.1) is 17.1 Å². The maximum atomic E-state index is 12.2. The molecule has 1 aliphatic rings. The Balaban J connectivity index is 1.61. The number of nitrogens with one attached hydrogen (secondary N) is 1. The second-order valence-corrected chi connectivity index (χ2v) is 8.11. The van der Waals surface area contributed by atoms with Gasteiger partial charge in [0.15, 0.2) is 16.4 Å². The van der Waals surface area contributed by atoms with Crippen LogP contribution in [0.5, 0.6) is 0 Å². The summed E-state index contributed by atoms with van der Waals surface area (Å²) < 4.78 is 28.1. The average molecular weight is 350 g/mol. The van der Waals surface area contributed by atoms with E-state index in [0.717, 1.165) is 10.9 Å². The van der Waals surface area contributed by atoms with Gasteiger partial charge in [-0.3, -0.25) is 4.79 Å². The second kappa shape index (κ2) is 6.27. The van der Waals surface area contributed by atoms with Crippen LogP contribution in [-0.4, -0.2) is 61.4 Å². The lowest BCUT2D eigenvalue weighted by atomic mass is 10.2. The van der Waals surface area contributed by atoms with Crippen LogP contribution in [0.15, 0.2) is 30.5 Å². The summed E-state index contributed by atoms with van der Waals surface area (Å²) in [5.74, 6) is -0.950. The van der Waals surface area contributed by atoms with E-state index in [2.05, 4.69) is 4.98 Å². The molecule has 7 nitrogen and oxygen atoms in total. The Morgan fingerprint density at radius 2 is 2.08 bits per heavy atom. The van der Waals surface area contributed by atoms with Gasteiger partial charge in [-0.25, -0.2) is 13.2 Å². The van der Waals surface area contributed by atoms with Crippen molar-refractivity contribution >= 4 is 32.6 Å². The number of ether oxygens (including phenoxy) is 1. The molecule has 1 fully saturated rings. The van der Waals surface area contributed by atoms with Crippen LogP contribution in [-0.2, 0) is 19.4 Å². The molecule has 1 saturated heterocycles. The van der Waals surface area contributed by atoms with Crippen molar-refractivity contribution in [2.45, 2.75) is 12.5 Å². The summed E-state index contributed by atoms with van der Waals surface area (Å²) in [4.78, 5) is 28.6. The highest BCUT2D eigenvalue weighted by Crippen LogP contribution is 2.19. The first kappa shape index (κ1) is 16.5. The van der Waals surface area contributed by atoms with Crippen LogP contribution in [0.1, 0.15) is 16.8 Å². The molecule has 0 bridgehead atoms. The zero-order valence-corrected chi connectivity index (χ0v) is 14.0. The quantitative estimate of drug-likeness (QED) is 0.829. The predicted octanol–water partition coefficient (Wildman–Crippen LogP) is 0.970. The van der Waals surface area contributed by atoms with Crippen molar-refractivity contribution in [3.63, 3.8) is 0 Å². The number of fused-ring (bicyclic) bond motifs is 1. The molecule has 1 amide bonds. The molecule has 0 unspecified atom stereocenters. The van der Waals surface area contributed by atoms with Crippen LogP contribution in [0.4, 0.5) is 0 Å². The summed E-state index contributed by atoms with van der Waals surface area (Å²) in [7, 11) is -1.54. The predicted molar refractivity (Wildman–Crippen MR) is 88.4 cm³/mol. The minimum absolute atomic E-state index is 0.0361. The number of sulfone groups is 1. The molecule has 1 aromatic carbocycles. The number of H-pyrrole nitrogens is 1. The fourth-order valence-electron chi connectivity index (χ4n) is 2.83. The minimum atomic E-state index is -3.07. The lowest BCUT2D eigenvalue weighted by molar-refractivity contribution is -0.134. The number of nitrogens with zero attached hydrogens (tertiary/aromatic N) is 1. The number of benzene rings is 1. The van der Waals surface area contributed by atoms with E-state index in [-0.39, 0.29) is 17.5 Å². The zero-order chi connectivity index (χ0) is 17.3. The second-order valence-electron chi connectivity index (χ2n) is 5.89. The summed E-state index contributed by atoms with van der Waals surface area (Å²) in [6, 6.07) is 6.94. The molecule has 1 aromatic heterocycles. The van der Waals surface area contributed by atoms with Crippen LogP contribution in [0.3, 0.4) is 0 Å². The van der Waals surface area contributed by atoms with E-state index >= 15 is 0 Å². The van der Waals surface area contributed by atoms with E-state index in [0.29, 0.717) is 12.0 Å². The Labute approximate surface area is 139 Å². The van der Waals surface area contributed by atoms with Crippen LogP contribution >= 0.6 is 0 Å². The van der Waals surface area contributed by atoms with E-state index in [9.17, 15) is 18.0 Å². The lowest BCUT2D eigenvalue weighted by Gasteiger charge is -2.23. The van der Waals surface area contributed by atoms with Gasteiger partial charge < -0.3 is 14.6 Å². The van der Waals surface area contributed by atoms with Crippen molar-refractivity contribution in [2.75, 3.05) is 25.2 Å². The van der Waals surface area contributed by atoms with Gasteiger partial charge in [-0.05, 0) is 12.5 Å². The highest BCUT2D eigenvalue weighted by Gasteiger charge is 2.33. The largest absolute Gasteiger partial charge is 0.452 e. The maximum Gasteiger partial charge on any atom is 0.340 e. The van der Waals surface area contributed by atoms with Crippen LogP contribution in [0.2, 0.25) is 0 Å². The number of amides is 1. The van der Waals surface area contributed by atoms with Crippen molar-refractivity contribution in [3.05, 3.63) is 36.0 Å². The summed E-state index contributed by atoms with van der Waals surface area (Å²) in [5, 5.41) is 0.727. The molecule has 1 N–H and O–H groups in total. The zero-order valence-electron chi connectivity index (χ0n) is 13.2. The van der Waals surface area contributed by atoms with E-state index in [1.165, 1.54) is 11.9 Å². The number of esters is 1. The topological polar surface area (TPSA) is 96.5 Å². The van der Waals surface area contributed by atoms with Gasteiger partial charge in [0.2, 0.25) is 0 Å². The molecule has 1 atom stereocenters. The molecule has 2 aromatic rings. The number of carbonyl (C=O) groups excluding carboxylic acids is 2. The van der Waals surface area contributed by atoms with E-state index in [1.54, 1.807) is 12.3 Å². The normalized spacial score (nSPS) is 19.3. The molecule has 2 heterocycles. The molecule has 1 aliphatic heterocycles. The molecule has 128 valence electrons. The fourth-order valence-corrected chi connectivity index (χ4v) is 4.61. The number of rotatable bonds is 4. The van der Waals surface area contributed by atoms with Crippen LogP contribution < -0.4 is 0 Å². The summed E-state index contributed by atoms with van der Waals surface area (Å²) in [5.41, 5.74) is 1.17. The SMILES string of the molecule is CN(C(=O)COC(=O)c1c[nH]c2ccccc12)[C@@H]1CCS(=O)(=O)C1. The van der Waals surface area contributed by atoms with Gasteiger partial charge in [0.1, 0.15) is 0 Å². The van der Waals surface area contributed by atoms with Gasteiger partial charge in [-0.15, -0.1) is 0 Å². The Kier molecular flexibility index (Phi) is 4.31. The number of para-hydroxylation sites is 1. The smallest absolute Gasteiger partial charge is 0.340 e. The first-order chi connectivity index (χ1) is 11.4. The third-order valence-corrected chi connectivity index (χ3v) is 6.04. The fraction of sp³-hybridized carbons (Fsp3) is 0.375. The maximum absolute atomic E-state index is 12.2. The number of likely N-dealkylation sites (N-methyl/N-ethyl adjacent to an activating group) is 1. The van der Waals surface area contributed by atoms with Crippen molar-refractivity contribution in [1.29, 1.82) is 0 Å². The van der Waals surface area contributed by atoms with Gasteiger partial charge in [0.25, 0.3) is 5.91 Å². The molecule has 0 radical (unpaired) electrons. The van der Waals surface area contributed by atoms with E-state index in [4.69, 9.17) is 4.74 Å². The van der Waals surface area contributed by atoms with Crippen molar-refractivity contribution < 1.29 is 22.7 Å². The lowest BCUT2D eigenvalue weighted by Crippen LogP contribution is -2.40. The molecular weight excluding hydrogens is 332 g/mol. The molecule has 3 rings (SSSR count). The monoisotopic (exact) mass is 350 g/mol. The number of carbonyl (C=O) groups is 2. The van der Waals surface area contributed by atoms with Gasteiger partial charge in [-0.2, -0.15) is 0 Å². The third-order valence-electron chi connectivity index (χ3n) is 4.29. The van der Waals surface area contributed by atoms with Crippen molar-refractivity contribution in [3.8, 4) is 0 Å². The van der Waals surface area contributed by atoms with Gasteiger partial charge in [0, 0.05) is 30.2 Å². The molecule has 24 heavy (non-hydrogen) atoms. The van der Waals surface area contributed by atoms with Crippen LogP contribution in [0, 0.1) is 0 Å². The first-order valence-electron chi connectivity index (χ1n) is 7.57. The molecule has 0 aliphatic carbocycles. The van der Waals surface area contributed by atoms with E-state index in [1.807, 2.05) is 18.2 Å². The highest BCUT2D eigenvalue weighted by atomic mass is 32.2. The van der Waals surface area contributed by atoms with Crippen molar-refractivity contribution in [1.82, 2.24) is 9.88 Å². The molecule has 0 spiro atoms. The number of aromatic amines is 1. The Hall–Kier alpha value is -2.35. The van der Waals surface area contributed by atoms with Gasteiger partial charge in [-0.1, -0.05) is 18.2 Å². The average Bonchev–Trinajstić information content (AvgIpc) is 3.14. The highest BCUT2D eigenvalue weighted by molar-refractivity contribution is 7.91. The standard InChI is InChI=1S/C16H18N2O5S/c1-18(11-6-7-24(21,22)10-11)15(19)9-23-16(20)13-8-17-14-5-3-2-4-12(13)14/h2-5,8,11,17H,6-7,9-10H2,1H3/t11-/m1/s1. The van der Waals surface area contributed by atoms with E-state index < -0.39 is 28.3 Å². The Morgan fingerprint density at radius 1 is 1.33 bits per heavy atom. The van der Waals surface area contributed by atoms with Gasteiger partial charge >= 0.3 is 5.97 Å². The first-order valence-corrected chi connectivity index (χ1v) is 9.39.